The number of nitrogens with two attached hydrogens (primary N) is 1. The molecule has 2 rings (SSSR count). The molecule has 0 spiro atoms. The van der Waals surface area contributed by atoms with Crippen molar-refractivity contribution in [2.45, 2.75) is 17.7 Å². The molecule has 1 nitrogen and oxygen atoms in total. The summed E-state index contributed by atoms with van der Waals surface area (Å²) in [6, 6.07) is 3.94. The average Bonchev–Trinajstić information content (AvgIpc) is 2.25. The first-order chi connectivity index (χ1) is 7.22. The van der Waals surface area contributed by atoms with Gasteiger partial charge in [0.15, 0.2) is 0 Å². The van der Waals surface area contributed by atoms with Gasteiger partial charge in [0.1, 0.15) is 0 Å². The van der Waals surface area contributed by atoms with Crippen LogP contribution in [0, 0.1) is 5.92 Å². The van der Waals surface area contributed by atoms with E-state index in [-0.39, 0.29) is 0 Å². The molecule has 2 N–H and O–H groups in total. The highest BCUT2D eigenvalue weighted by atomic mass is 35.5. The molecule has 0 fully saturated rings. The van der Waals surface area contributed by atoms with Crippen LogP contribution in [0.25, 0.3) is 0 Å². The van der Waals surface area contributed by atoms with E-state index in [1.54, 1.807) is 0 Å². The highest BCUT2D eigenvalue weighted by molar-refractivity contribution is 7.99. The van der Waals surface area contributed by atoms with E-state index in [1.807, 2.05) is 17.8 Å². The minimum absolute atomic E-state index is 0.642. The summed E-state index contributed by atoms with van der Waals surface area (Å²) < 4.78 is 0. The van der Waals surface area contributed by atoms with Crippen LogP contribution in [0.4, 0.5) is 0 Å². The molecule has 0 aliphatic carbocycles. The third kappa shape index (κ3) is 2.44. The SMILES string of the molecule is NCCC1CSc2ccc(Cl)c(Cl)c2C1. The smallest absolute Gasteiger partial charge is 0.0635 e. The summed E-state index contributed by atoms with van der Waals surface area (Å²) in [4.78, 5) is 1.28. The molecule has 0 saturated heterocycles. The standard InChI is InChI=1S/C11H13Cl2NS/c12-9-1-2-10-8(11(9)13)5-7(3-4-14)6-15-10/h1-2,7H,3-6,14H2. The van der Waals surface area contributed by atoms with Crippen LogP contribution in [-0.4, -0.2) is 12.3 Å². The van der Waals surface area contributed by atoms with E-state index in [0.29, 0.717) is 10.9 Å². The van der Waals surface area contributed by atoms with E-state index in [9.17, 15) is 0 Å². The molecule has 0 bridgehead atoms. The zero-order valence-electron chi connectivity index (χ0n) is 8.30. The maximum Gasteiger partial charge on any atom is 0.0635 e. The number of fused-ring (bicyclic) bond motifs is 1. The van der Waals surface area contributed by atoms with Gasteiger partial charge in [0, 0.05) is 10.6 Å². The average molecular weight is 262 g/mol. The third-order valence-corrected chi connectivity index (χ3v) is 4.87. The maximum absolute atomic E-state index is 6.20. The number of hydrogen-bond acceptors (Lipinski definition) is 2. The van der Waals surface area contributed by atoms with E-state index in [2.05, 4.69) is 6.07 Å². The van der Waals surface area contributed by atoms with Crippen molar-refractivity contribution < 1.29 is 0 Å². The Morgan fingerprint density at radius 3 is 2.93 bits per heavy atom. The lowest BCUT2D eigenvalue weighted by molar-refractivity contribution is 0.537. The second-order valence-corrected chi connectivity index (χ2v) is 5.64. The molecule has 82 valence electrons. The van der Waals surface area contributed by atoms with Gasteiger partial charge in [-0.25, -0.2) is 0 Å². The molecule has 0 amide bonds. The van der Waals surface area contributed by atoms with E-state index >= 15 is 0 Å². The van der Waals surface area contributed by atoms with Crippen molar-refractivity contribution in [2.24, 2.45) is 11.7 Å². The molecule has 1 unspecified atom stereocenters. The van der Waals surface area contributed by atoms with Crippen molar-refractivity contribution in [3.8, 4) is 0 Å². The number of thioether (sulfide) groups is 1. The van der Waals surface area contributed by atoms with Crippen molar-refractivity contribution in [2.75, 3.05) is 12.3 Å². The molecule has 0 aromatic heterocycles. The summed E-state index contributed by atoms with van der Waals surface area (Å²) >= 11 is 14.1. The highest BCUT2D eigenvalue weighted by Crippen LogP contribution is 2.40. The number of halogens is 2. The first-order valence-corrected chi connectivity index (χ1v) is 6.76. The van der Waals surface area contributed by atoms with Crippen LogP contribution >= 0.6 is 35.0 Å². The second kappa shape index (κ2) is 4.96. The largest absolute Gasteiger partial charge is 0.330 e. The number of hydrogen-bond donors (Lipinski definition) is 1. The summed E-state index contributed by atoms with van der Waals surface area (Å²) in [6.07, 6.45) is 2.08. The van der Waals surface area contributed by atoms with Crippen LogP contribution < -0.4 is 5.73 Å². The minimum atomic E-state index is 0.642. The van der Waals surface area contributed by atoms with Crippen molar-refractivity contribution in [1.82, 2.24) is 0 Å². The zero-order chi connectivity index (χ0) is 10.8. The molecular weight excluding hydrogens is 249 g/mol. The topological polar surface area (TPSA) is 26.0 Å². The van der Waals surface area contributed by atoms with Crippen molar-refractivity contribution >= 4 is 35.0 Å². The molecule has 1 aliphatic heterocycles. The van der Waals surface area contributed by atoms with Crippen molar-refractivity contribution in [3.05, 3.63) is 27.7 Å². The molecule has 0 saturated carbocycles. The summed E-state index contributed by atoms with van der Waals surface area (Å²) in [5, 5.41) is 1.38. The Balaban J connectivity index is 2.27. The normalized spacial score (nSPS) is 20.1. The Labute approximate surface area is 104 Å². The highest BCUT2D eigenvalue weighted by Gasteiger charge is 2.21. The van der Waals surface area contributed by atoms with Gasteiger partial charge < -0.3 is 5.73 Å². The molecule has 1 aliphatic rings. The zero-order valence-corrected chi connectivity index (χ0v) is 10.6. The minimum Gasteiger partial charge on any atom is -0.330 e. The lowest BCUT2D eigenvalue weighted by atomic mass is 9.97. The van der Waals surface area contributed by atoms with Crippen LogP contribution in [0.3, 0.4) is 0 Å². The summed E-state index contributed by atoms with van der Waals surface area (Å²) in [7, 11) is 0. The van der Waals surface area contributed by atoms with Gasteiger partial charge in [0.05, 0.1) is 10.0 Å². The van der Waals surface area contributed by atoms with Crippen molar-refractivity contribution in [3.63, 3.8) is 0 Å². The molecule has 1 heterocycles. The van der Waals surface area contributed by atoms with Gasteiger partial charge in [0.25, 0.3) is 0 Å². The van der Waals surface area contributed by atoms with Gasteiger partial charge in [-0.05, 0) is 43.0 Å². The fourth-order valence-corrected chi connectivity index (χ4v) is 3.58. The fraction of sp³-hybridized carbons (Fsp3) is 0.455. The maximum atomic E-state index is 6.20. The second-order valence-electron chi connectivity index (χ2n) is 3.80. The molecule has 1 aromatic carbocycles. The monoisotopic (exact) mass is 261 g/mol. The van der Waals surface area contributed by atoms with Crippen LogP contribution in [0.2, 0.25) is 10.0 Å². The number of benzene rings is 1. The van der Waals surface area contributed by atoms with Crippen LogP contribution in [-0.2, 0) is 6.42 Å². The van der Waals surface area contributed by atoms with Crippen LogP contribution in [0.5, 0.6) is 0 Å². The fourth-order valence-electron chi connectivity index (χ4n) is 1.88. The Kier molecular flexibility index (Phi) is 3.83. The molecule has 4 heteroatoms. The van der Waals surface area contributed by atoms with Gasteiger partial charge in [-0.1, -0.05) is 23.2 Å². The third-order valence-electron chi connectivity index (χ3n) is 2.70. The summed E-state index contributed by atoms with van der Waals surface area (Å²) in [5.41, 5.74) is 6.79. The summed E-state index contributed by atoms with van der Waals surface area (Å²) in [5.74, 6) is 1.78. The molecular formula is C11H13Cl2NS. The first kappa shape index (κ1) is 11.6. The quantitative estimate of drug-likeness (QED) is 0.881. The van der Waals surface area contributed by atoms with Gasteiger partial charge in [-0.15, -0.1) is 11.8 Å². The van der Waals surface area contributed by atoms with Crippen LogP contribution in [0.15, 0.2) is 17.0 Å². The predicted octanol–water partition coefficient (Wildman–Crippen LogP) is 3.61. The predicted molar refractivity (Wildman–Crippen MR) is 68.1 cm³/mol. The van der Waals surface area contributed by atoms with Crippen molar-refractivity contribution in [1.29, 1.82) is 0 Å². The molecule has 15 heavy (non-hydrogen) atoms. The Morgan fingerprint density at radius 1 is 1.40 bits per heavy atom. The lowest BCUT2D eigenvalue weighted by Crippen LogP contribution is -2.17. The van der Waals surface area contributed by atoms with Gasteiger partial charge in [0.2, 0.25) is 0 Å². The molecule has 0 radical (unpaired) electrons. The van der Waals surface area contributed by atoms with Gasteiger partial charge in [-0.3, -0.25) is 0 Å². The van der Waals surface area contributed by atoms with Gasteiger partial charge in [-0.2, -0.15) is 0 Å². The van der Waals surface area contributed by atoms with Crippen LogP contribution in [0.1, 0.15) is 12.0 Å². The molecule has 1 aromatic rings. The van der Waals surface area contributed by atoms with E-state index < -0.39 is 0 Å². The number of rotatable bonds is 2. The Morgan fingerprint density at radius 2 is 2.20 bits per heavy atom. The van der Waals surface area contributed by atoms with E-state index in [1.165, 1.54) is 10.5 Å². The van der Waals surface area contributed by atoms with Gasteiger partial charge >= 0.3 is 0 Å². The Hall–Kier alpha value is 0.110. The molecule has 1 atom stereocenters. The van der Waals surface area contributed by atoms with E-state index in [4.69, 9.17) is 28.9 Å². The lowest BCUT2D eigenvalue weighted by Gasteiger charge is -2.24. The Bertz CT molecular complexity index is 368. The first-order valence-electron chi connectivity index (χ1n) is 5.02. The van der Waals surface area contributed by atoms with E-state index in [0.717, 1.165) is 30.2 Å². The summed E-state index contributed by atoms with van der Waals surface area (Å²) in [6.45, 7) is 0.749.